The van der Waals surface area contributed by atoms with Crippen molar-refractivity contribution >= 4 is 24.0 Å². The molecule has 6 heteroatoms. The maximum absolute atomic E-state index is 11.7. The van der Waals surface area contributed by atoms with Gasteiger partial charge in [-0.25, -0.2) is 0 Å². The quantitative estimate of drug-likeness (QED) is 0.819. The van der Waals surface area contributed by atoms with Gasteiger partial charge in [0.15, 0.2) is 0 Å². The molecule has 0 unspecified atom stereocenters. The van der Waals surface area contributed by atoms with E-state index in [-0.39, 0.29) is 18.3 Å². The number of pyridine rings is 1. The first-order chi connectivity index (χ1) is 7.84. The number of hydrogen-bond donors (Lipinski definition) is 2. The number of carbonyl (C=O) groups excluding carboxylic acids is 1. The van der Waals surface area contributed by atoms with E-state index in [1.807, 2.05) is 6.07 Å². The molecule has 94 valence electrons. The first-order valence-corrected chi connectivity index (χ1v) is 5.47. The minimum atomic E-state index is 0. The van der Waals surface area contributed by atoms with Gasteiger partial charge in [0.05, 0.1) is 18.4 Å². The van der Waals surface area contributed by atoms with Crippen molar-refractivity contribution in [2.75, 3.05) is 38.0 Å². The Morgan fingerprint density at radius 1 is 1.47 bits per heavy atom. The Morgan fingerprint density at radius 2 is 2.24 bits per heavy atom. The third kappa shape index (κ3) is 4.68. The van der Waals surface area contributed by atoms with Crippen LogP contribution in [-0.4, -0.2) is 48.5 Å². The van der Waals surface area contributed by atoms with Crippen LogP contribution in [-0.2, 0) is 4.79 Å². The van der Waals surface area contributed by atoms with Crippen LogP contribution in [0.4, 0.5) is 5.69 Å². The summed E-state index contributed by atoms with van der Waals surface area (Å²) in [6.45, 7) is 4.23. The second-order valence-electron chi connectivity index (χ2n) is 3.82. The van der Waals surface area contributed by atoms with Crippen LogP contribution >= 0.6 is 12.4 Å². The van der Waals surface area contributed by atoms with Crippen molar-refractivity contribution in [2.45, 2.75) is 0 Å². The molecule has 2 rings (SSSR count). The van der Waals surface area contributed by atoms with E-state index in [9.17, 15) is 4.79 Å². The van der Waals surface area contributed by atoms with Gasteiger partial charge in [0.2, 0.25) is 5.91 Å². The van der Waals surface area contributed by atoms with Crippen LogP contribution in [0.25, 0.3) is 0 Å². The van der Waals surface area contributed by atoms with E-state index in [1.54, 1.807) is 18.5 Å². The number of amides is 1. The van der Waals surface area contributed by atoms with Crippen LogP contribution in [0.3, 0.4) is 0 Å². The van der Waals surface area contributed by atoms with Crippen molar-refractivity contribution in [2.24, 2.45) is 0 Å². The summed E-state index contributed by atoms with van der Waals surface area (Å²) in [5, 5.41) is 6.08. The predicted molar refractivity (Wildman–Crippen MR) is 69.4 cm³/mol. The van der Waals surface area contributed by atoms with Crippen LogP contribution < -0.4 is 10.6 Å². The Labute approximate surface area is 107 Å². The number of nitrogens with zero attached hydrogens (tertiary/aromatic N) is 2. The van der Waals surface area contributed by atoms with Crippen LogP contribution in [0.2, 0.25) is 0 Å². The van der Waals surface area contributed by atoms with Crippen LogP contribution in [0.15, 0.2) is 24.5 Å². The highest BCUT2D eigenvalue weighted by molar-refractivity contribution is 5.92. The number of piperazine rings is 1. The molecule has 1 aliphatic heterocycles. The van der Waals surface area contributed by atoms with Crippen LogP contribution in [0.5, 0.6) is 0 Å². The number of halogens is 1. The minimum absolute atomic E-state index is 0. The van der Waals surface area contributed by atoms with Gasteiger partial charge in [-0.3, -0.25) is 14.7 Å². The molecule has 17 heavy (non-hydrogen) atoms. The van der Waals surface area contributed by atoms with Crippen molar-refractivity contribution in [3.8, 4) is 0 Å². The zero-order valence-corrected chi connectivity index (χ0v) is 10.4. The van der Waals surface area contributed by atoms with Crippen molar-refractivity contribution in [1.82, 2.24) is 15.2 Å². The molecule has 0 aliphatic carbocycles. The van der Waals surface area contributed by atoms with E-state index in [1.165, 1.54) is 0 Å². The first-order valence-electron chi connectivity index (χ1n) is 5.47. The fraction of sp³-hybridized carbons (Fsp3) is 0.455. The van der Waals surface area contributed by atoms with Gasteiger partial charge in [0.1, 0.15) is 0 Å². The Bertz CT molecular complexity index is 341. The van der Waals surface area contributed by atoms with Crippen molar-refractivity contribution in [3.63, 3.8) is 0 Å². The summed E-state index contributed by atoms with van der Waals surface area (Å²) >= 11 is 0. The van der Waals surface area contributed by atoms with Gasteiger partial charge in [0.25, 0.3) is 0 Å². The van der Waals surface area contributed by atoms with Gasteiger partial charge in [-0.05, 0) is 12.1 Å². The topological polar surface area (TPSA) is 57.3 Å². The number of carbonyl (C=O) groups is 1. The molecule has 2 heterocycles. The van der Waals surface area contributed by atoms with Gasteiger partial charge in [-0.1, -0.05) is 0 Å². The maximum Gasteiger partial charge on any atom is 0.238 e. The standard InChI is InChI=1S/C11H16N4O.ClH/c16-11(9-15-6-4-12-5-7-15)14-10-2-1-3-13-8-10;/h1-3,8,12H,4-7,9H2,(H,14,16);1H. The Morgan fingerprint density at radius 3 is 2.88 bits per heavy atom. The summed E-state index contributed by atoms with van der Waals surface area (Å²) < 4.78 is 0. The third-order valence-corrected chi connectivity index (χ3v) is 2.52. The van der Waals surface area contributed by atoms with E-state index in [2.05, 4.69) is 20.5 Å². The number of hydrogen-bond acceptors (Lipinski definition) is 4. The molecule has 0 bridgehead atoms. The first kappa shape index (κ1) is 13.9. The van der Waals surface area contributed by atoms with E-state index in [4.69, 9.17) is 0 Å². The summed E-state index contributed by atoms with van der Waals surface area (Å²) in [6.07, 6.45) is 3.33. The number of rotatable bonds is 3. The van der Waals surface area contributed by atoms with Crippen molar-refractivity contribution in [1.29, 1.82) is 0 Å². The lowest BCUT2D eigenvalue weighted by molar-refractivity contribution is -0.117. The predicted octanol–water partition coefficient (Wildman–Crippen LogP) is 0.347. The fourth-order valence-electron chi connectivity index (χ4n) is 1.71. The molecule has 1 amide bonds. The molecule has 0 spiro atoms. The highest BCUT2D eigenvalue weighted by atomic mass is 35.5. The molecule has 1 aromatic heterocycles. The average molecular weight is 257 g/mol. The third-order valence-electron chi connectivity index (χ3n) is 2.52. The highest BCUT2D eigenvalue weighted by Crippen LogP contribution is 2.02. The van der Waals surface area contributed by atoms with E-state index < -0.39 is 0 Å². The number of anilines is 1. The van der Waals surface area contributed by atoms with Crippen molar-refractivity contribution < 1.29 is 4.79 Å². The largest absolute Gasteiger partial charge is 0.324 e. The van der Waals surface area contributed by atoms with Gasteiger partial charge in [-0.2, -0.15) is 0 Å². The normalized spacial score (nSPS) is 16.0. The zero-order valence-electron chi connectivity index (χ0n) is 9.56. The summed E-state index contributed by atoms with van der Waals surface area (Å²) in [5.41, 5.74) is 0.752. The van der Waals surface area contributed by atoms with Crippen LogP contribution in [0, 0.1) is 0 Å². The lowest BCUT2D eigenvalue weighted by Crippen LogP contribution is -2.46. The Kier molecular flexibility index (Phi) is 5.90. The molecule has 5 nitrogen and oxygen atoms in total. The highest BCUT2D eigenvalue weighted by Gasteiger charge is 2.13. The summed E-state index contributed by atoms with van der Waals surface area (Å²) in [4.78, 5) is 17.8. The summed E-state index contributed by atoms with van der Waals surface area (Å²) in [6, 6.07) is 3.64. The minimum Gasteiger partial charge on any atom is -0.324 e. The molecule has 0 radical (unpaired) electrons. The molecule has 1 saturated heterocycles. The molecular formula is C11H17ClN4O. The Balaban J connectivity index is 0.00000144. The molecule has 0 aromatic carbocycles. The van der Waals surface area contributed by atoms with E-state index in [0.717, 1.165) is 31.9 Å². The Hall–Kier alpha value is -1.17. The smallest absolute Gasteiger partial charge is 0.238 e. The van der Waals surface area contributed by atoms with Crippen molar-refractivity contribution in [3.05, 3.63) is 24.5 Å². The average Bonchev–Trinajstić information content (AvgIpc) is 2.31. The molecule has 2 N–H and O–H groups in total. The lowest BCUT2D eigenvalue weighted by Gasteiger charge is -2.26. The molecule has 1 fully saturated rings. The number of aromatic nitrogens is 1. The van der Waals surface area contributed by atoms with Crippen LogP contribution in [0.1, 0.15) is 0 Å². The summed E-state index contributed by atoms with van der Waals surface area (Å²) in [5.74, 6) is 0.0231. The van der Waals surface area contributed by atoms with Gasteiger partial charge >= 0.3 is 0 Å². The van der Waals surface area contributed by atoms with E-state index in [0.29, 0.717) is 6.54 Å². The number of nitrogens with one attached hydrogen (secondary N) is 2. The lowest BCUT2D eigenvalue weighted by atomic mass is 10.3. The molecule has 0 atom stereocenters. The van der Waals surface area contributed by atoms with Gasteiger partial charge in [-0.15, -0.1) is 12.4 Å². The molecular weight excluding hydrogens is 240 g/mol. The summed E-state index contributed by atoms with van der Waals surface area (Å²) in [7, 11) is 0. The van der Waals surface area contributed by atoms with Gasteiger partial charge in [0, 0.05) is 32.4 Å². The molecule has 1 aliphatic rings. The zero-order chi connectivity index (χ0) is 11.2. The second kappa shape index (κ2) is 7.21. The van der Waals surface area contributed by atoms with Gasteiger partial charge < -0.3 is 10.6 Å². The van der Waals surface area contributed by atoms with E-state index >= 15 is 0 Å². The fourth-order valence-corrected chi connectivity index (χ4v) is 1.71. The molecule has 1 aromatic rings. The monoisotopic (exact) mass is 256 g/mol. The second-order valence-corrected chi connectivity index (χ2v) is 3.82. The maximum atomic E-state index is 11.7. The molecule has 0 saturated carbocycles. The SMILES string of the molecule is Cl.O=C(CN1CCNCC1)Nc1cccnc1.